The summed E-state index contributed by atoms with van der Waals surface area (Å²) >= 11 is 0. The van der Waals surface area contributed by atoms with Crippen LogP contribution in [0.4, 0.5) is 0 Å². The molecule has 0 unspecified atom stereocenters. The van der Waals surface area contributed by atoms with Crippen molar-refractivity contribution in [3.8, 4) is 6.07 Å². The van der Waals surface area contributed by atoms with Crippen molar-refractivity contribution in [1.82, 2.24) is 4.57 Å². The zero-order valence-electron chi connectivity index (χ0n) is 7.69. The van der Waals surface area contributed by atoms with E-state index in [9.17, 15) is 4.79 Å². The third-order valence-corrected chi connectivity index (χ3v) is 2.24. The van der Waals surface area contributed by atoms with E-state index in [0.717, 1.165) is 5.39 Å². The highest BCUT2D eigenvalue weighted by Crippen LogP contribution is 2.13. The molecule has 0 saturated heterocycles. The lowest BCUT2D eigenvalue weighted by Gasteiger charge is -2.01. The molecular formula is C11H8N2O. The van der Waals surface area contributed by atoms with Crippen molar-refractivity contribution >= 4 is 10.8 Å². The average Bonchev–Trinajstić information content (AvgIpc) is 2.23. The first-order chi connectivity index (χ1) is 6.74. The third-order valence-electron chi connectivity index (χ3n) is 2.24. The lowest BCUT2D eigenvalue weighted by Crippen LogP contribution is -2.15. The molecule has 3 heteroatoms. The van der Waals surface area contributed by atoms with Crippen LogP contribution in [-0.2, 0) is 7.05 Å². The standard InChI is InChI=1S/C11H8N2O/c1-13-6-5-9-8(7-12)3-2-4-10(9)11(13)14/h2-6H,1H3. The van der Waals surface area contributed by atoms with Crippen molar-refractivity contribution in [3.05, 3.63) is 46.4 Å². The Morgan fingerprint density at radius 1 is 1.29 bits per heavy atom. The number of fused-ring (bicyclic) bond motifs is 1. The Balaban J connectivity index is 3.02. The quantitative estimate of drug-likeness (QED) is 0.621. The summed E-state index contributed by atoms with van der Waals surface area (Å²) in [7, 11) is 1.70. The number of pyridine rings is 1. The van der Waals surface area contributed by atoms with E-state index >= 15 is 0 Å². The van der Waals surface area contributed by atoms with Crippen LogP contribution in [0.25, 0.3) is 10.8 Å². The van der Waals surface area contributed by atoms with Gasteiger partial charge in [-0.1, -0.05) is 6.07 Å². The highest BCUT2D eigenvalue weighted by molar-refractivity contribution is 5.86. The summed E-state index contributed by atoms with van der Waals surface area (Å²) < 4.78 is 1.50. The second kappa shape index (κ2) is 3.00. The Bertz CT molecular complexity index is 590. The highest BCUT2D eigenvalue weighted by Gasteiger charge is 2.03. The van der Waals surface area contributed by atoms with Gasteiger partial charge in [-0.15, -0.1) is 0 Å². The van der Waals surface area contributed by atoms with Crippen LogP contribution in [0.15, 0.2) is 35.3 Å². The van der Waals surface area contributed by atoms with Crippen molar-refractivity contribution in [3.63, 3.8) is 0 Å². The number of rotatable bonds is 0. The van der Waals surface area contributed by atoms with Crippen molar-refractivity contribution < 1.29 is 0 Å². The van der Waals surface area contributed by atoms with E-state index in [1.165, 1.54) is 4.57 Å². The molecule has 0 aliphatic rings. The number of nitrogens with zero attached hydrogens (tertiary/aromatic N) is 2. The third kappa shape index (κ3) is 1.09. The van der Waals surface area contributed by atoms with Gasteiger partial charge in [0.1, 0.15) is 0 Å². The van der Waals surface area contributed by atoms with Crippen LogP contribution in [0.5, 0.6) is 0 Å². The predicted octanol–water partition coefficient (Wildman–Crippen LogP) is 1.41. The van der Waals surface area contributed by atoms with E-state index < -0.39 is 0 Å². The van der Waals surface area contributed by atoms with E-state index in [1.807, 2.05) is 0 Å². The molecule has 14 heavy (non-hydrogen) atoms. The minimum atomic E-state index is -0.0698. The molecule has 0 N–H and O–H groups in total. The van der Waals surface area contributed by atoms with Gasteiger partial charge in [0.25, 0.3) is 5.56 Å². The van der Waals surface area contributed by atoms with Gasteiger partial charge in [0, 0.05) is 24.0 Å². The van der Waals surface area contributed by atoms with Crippen molar-refractivity contribution in [2.24, 2.45) is 7.05 Å². The van der Waals surface area contributed by atoms with Crippen molar-refractivity contribution in [1.29, 1.82) is 5.26 Å². The number of benzene rings is 1. The Morgan fingerprint density at radius 2 is 2.07 bits per heavy atom. The van der Waals surface area contributed by atoms with Crippen molar-refractivity contribution in [2.45, 2.75) is 0 Å². The molecule has 1 heterocycles. The molecule has 0 fully saturated rings. The van der Waals surface area contributed by atoms with Crippen LogP contribution in [-0.4, -0.2) is 4.57 Å². The monoisotopic (exact) mass is 184 g/mol. The maximum Gasteiger partial charge on any atom is 0.258 e. The maximum atomic E-state index is 11.6. The molecule has 0 aliphatic heterocycles. The van der Waals surface area contributed by atoms with E-state index in [-0.39, 0.29) is 5.56 Å². The Labute approximate surface area is 80.8 Å². The summed E-state index contributed by atoms with van der Waals surface area (Å²) in [6, 6.07) is 9.02. The van der Waals surface area contributed by atoms with Crippen LogP contribution in [0.3, 0.4) is 0 Å². The zero-order valence-corrected chi connectivity index (χ0v) is 7.69. The fourth-order valence-electron chi connectivity index (χ4n) is 1.47. The van der Waals surface area contributed by atoms with E-state index in [1.54, 1.807) is 37.5 Å². The lowest BCUT2D eigenvalue weighted by molar-refractivity contribution is 0.873. The molecule has 3 nitrogen and oxygen atoms in total. The SMILES string of the molecule is Cn1ccc2c(C#N)cccc2c1=O. The van der Waals surface area contributed by atoms with Crippen LogP contribution < -0.4 is 5.56 Å². The first-order valence-electron chi connectivity index (χ1n) is 4.22. The molecule has 0 amide bonds. The largest absolute Gasteiger partial charge is 0.318 e. The lowest BCUT2D eigenvalue weighted by atomic mass is 10.1. The molecule has 0 aliphatic carbocycles. The van der Waals surface area contributed by atoms with Gasteiger partial charge in [-0.3, -0.25) is 4.79 Å². The number of hydrogen-bond acceptors (Lipinski definition) is 2. The molecule has 1 aromatic carbocycles. The van der Waals surface area contributed by atoms with Crippen molar-refractivity contribution in [2.75, 3.05) is 0 Å². The molecule has 1 aromatic heterocycles. The molecule has 2 aromatic rings. The van der Waals surface area contributed by atoms with Gasteiger partial charge in [-0.25, -0.2) is 0 Å². The number of aromatic nitrogens is 1. The zero-order chi connectivity index (χ0) is 10.1. The first-order valence-corrected chi connectivity index (χ1v) is 4.22. The van der Waals surface area contributed by atoms with E-state index in [4.69, 9.17) is 5.26 Å². The van der Waals surface area contributed by atoms with Crippen LogP contribution in [0, 0.1) is 11.3 Å². The molecule has 0 spiro atoms. The van der Waals surface area contributed by atoms with Gasteiger partial charge in [0.05, 0.1) is 11.6 Å². The Hall–Kier alpha value is -2.08. The van der Waals surface area contributed by atoms with E-state index in [0.29, 0.717) is 10.9 Å². The second-order valence-electron chi connectivity index (χ2n) is 3.11. The average molecular weight is 184 g/mol. The molecule has 0 bridgehead atoms. The smallest absolute Gasteiger partial charge is 0.258 e. The van der Waals surface area contributed by atoms with Gasteiger partial charge in [0.15, 0.2) is 0 Å². The summed E-state index contributed by atoms with van der Waals surface area (Å²) in [4.78, 5) is 11.6. The normalized spacial score (nSPS) is 10.0. The predicted molar refractivity (Wildman–Crippen MR) is 53.9 cm³/mol. The summed E-state index contributed by atoms with van der Waals surface area (Å²) in [6.07, 6.45) is 1.67. The fourth-order valence-corrected chi connectivity index (χ4v) is 1.47. The number of nitriles is 1. The van der Waals surface area contributed by atoms with Gasteiger partial charge in [-0.05, 0) is 18.2 Å². The first kappa shape index (κ1) is 8.52. The van der Waals surface area contributed by atoms with Gasteiger partial charge in [-0.2, -0.15) is 5.26 Å². The highest BCUT2D eigenvalue weighted by atomic mass is 16.1. The van der Waals surface area contributed by atoms with E-state index in [2.05, 4.69) is 6.07 Å². The van der Waals surface area contributed by atoms with Crippen LogP contribution >= 0.6 is 0 Å². The fraction of sp³-hybridized carbons (Fsp3) is 0.0909. The summed E-state index contributed by atoms with van der Waals surface area (Å²) in [5, 5.41) is 10.1. The summed E-state index contributed by atoms with van der Waals surface area (Å²) in [5.41, 5.74) is 0.472. The molecule has 0 radical (unpaired) electrons. The number of hydrogen-bond donors (Lipinski definition) is 0. The molecule has 68 valence electrons. The Morgan fingerprint density at radius 3 is 2.79 bits per heavy atom. The molecule has 2 rings (SSSR count). The minimum absolute atomic E-state index is 0.0698. The van der Waals surface area contributed by atoms with Crippen LogP contribution in [0.2, 0.25) is 0 Å². The molecule has 0 saturated carbocycles. The maximum absolute atomic E-state index is 11.6. The topological polar surface area (TPSA) is 45.8 Å². The Kier molecular flexibility index (Phi) is 1.83. The summed E-state index contributed by atoms with van der Waals surface area (Å²) in [6.45, 7) is 0. The minimum Gasteiger partial charge on any atom is -0.318 e. The number of aryl methyl sites for hydroxylation is 1. The summed E-state index contributed by atoms with van der Waals surface area (Å²) in [5.74, 6) is 0. The van der Waals surface area contributed by atoms with Crippen LogP contribution in [0.1, 0.15) is 5.56 Å². The second-order valence-corrected chi connectivity index (χ2v) is 3.11. The van der Waals surface area contributed by atoms with Gasteiger partial charge >= 0.3 is 0 Å². The molecule has 0 atom stereocenters. The van der Waals surface area contributed by atoms with Gasteiger partial charge in [0.2, 0.25) is 0 Å². The molecular weight excluding hydrogens is 176 g/mol. The van der Waals surface area contributed by atoms with Gasteiger partial charge < -0.3 is 4.57 Å².